The van der Waals surface area contributed by atoms with Crippen LogP contribution < -0.4 is 5.73 Å². The van der Waals surface area contributed by atoms with Crippen molar-refractivity contribution in [1.29, 1.82) is 5.41 Å². The maximum Gasteiger partial charge on any atom is 0.272 e. The third-order valence-electron chi connectivity index (χ3n) is 5.12. The number of amides is 1. The van der Waals surface area contributed by atoms with Crippen molar-refractivity contribution in [3.05, 3.63) is 41.3 Å². The number of nitrogens with zero attached hydrogens (tertiary/aromatic N) is 2. The van der Waals surface area contributed by atoms with Crippen molar-refractivity contribution >= 4 is 28.6 Å². The first kappa shape index (κ1) is 15.4. The van der Waals surface area contributed by atoms with Gasteiger partial charge in [-0.1, -0.05) is 12.1 Å². The summed E-state index contributed by atoms with van der Waals surface area (Å²) in [6.07, 6.45) is 1.01. The molecule has 6 heteroatoms. The maximum absolute atomic E-state index is 12.8. The monoisotopic (exact) mass is 340 g/mol. The van der Waals surface area contributed by atoms with Crippen LogP contribution in [-0.4, -0.2) is 53.6 Å². The lowest BCUT2D eigenvalue weighted by Crippen LogP contribution is -2.49. The second kappa shape index (κ2) is 5.72. The SMILES string of the molecule is CN1CC2CC1CN2C(=O)C(=N)c1cc(-c2cccs2)ccc1N. The summed E-state index contributed by atoms with van der Waals surface area (Å²) in [5.74, 6) is -0.203. The van der Waals surface area contributed by atoms with E-state index in [9.17, 15) is 4.79 Å². The van der Waals surface area contributed by atoms with Crippen molar-refractivity contribution < 1.29 is 4.79 Å². The summed E-state index contributed by atoms with van der Waals surface area (Å²) in [5, 5.41) is 10.4. The van der Waals surface area contributed by atoms with Crippen LogP contribution in [0.25, 0.3) is 10.4 Å². The minimum atomic E-state index is -0.203. The number of rotatable bonds is 3. The van der Waals surface area contributed by atoms with Gasteiger partial charge in [-0.05, 0) is 42.6 Å². The first-order valence-corrected chi connectivity index (χ1v) is 8.96. The largest absolute Gasteiger partial charge is 0.398 e. The Bertz CT molecular complexity index is 799. The molecule has 2 unspecified atom stereocenters. The minimum absolute atomic E-state index is 0.00103. The fraction of sp³-hybridized carbons (Fsp3) is 0.333. The van der Waals surface area contributed by atoms with Gasteiger partial charge in [-0.15, -0.1) is 11.3 Å². The number of carbonyl (C=O) groups excluding carboxylic acids is 1. The number of hydrogen-bond acceptors (Lipinski definition) is 5. The Morgan fingerprint density at radius 1 is 1.29 bits per heavy atom. The molecule has 0 aliphatic carbocycles. The summed E-state index contributed by atoms with van der Waals surface area (Å²) in [4.78, 5) is 18.1. The first-order valence-electron chi connectivity index (χ1n) is 8.08. The lowest BCUT2D eigenvalue weighted by molar-refractivity contribution is -0.126. The van der Waals surface area contributed by atoms with E-state index >= 15 is 0 Å². The van der Waals surface area contributed by atoms with Crippen molar-refractivity contribution in [3.63, 3.8) is 0 Å². The molecule has 2 bridgehead atoms. The summed E-state index contributed by atoms with van der Waals surface area (Å²) in [6.45, 7) is 1.61. The van der Waals surface area contributed by atoms with Gasteiger partial charge in [0.1, 0.15) is 5.71 Å². The molecule has 2 aliphatic heterocycles. The Morgan fingerprint density at radius 2 is 2.12 bits per heavy atom. The van der Waals surface area contributed by atoms with E-state index in [1.54, 1.807) is 17.4 Å². The molecule has 5 nitrogen and oxygen atoms in total. The van der Waals surface area contributed by atoms with Crippen LogP contribution in [0.1, 0.15) is 12.0 Å². The van der Waals surface area contributed by atoms with Crippen molar-refractivity contribution in [2.75, 3.05) is 25.9 Å². The molecule has 2 fully saturated rings. The van der Waals surface area contributed by atoms with Gasteiger partial charge in [-0.2, -0.15) is 0 Å². The third-order valence-corrected chi connectivity index (χ3v) is 6.04. The molecule has 3 heterocycles. The van der Waals surface area contributed by atoms with Gasteiger partial charge in [0.2, 0.25) is 0 Å². The molecule has 2 aliphatic rings. The van der Waals surface area contributed by atoms with Crippen LogP contribution in [-0.2, 0) is 4.79 Å². The molecule has 24 heavy (non-hydrogen) atoms. The van der Waals surface area contributed by atoms with Crippen molar-refractivity contribution in [3.8, 4) is 10.4 Å². The molecule has 1 aromatic heterocycles. The third kappa shape index (κ3) is 2.42. The second-order valence-electron chi connectivity index (χ2n) is 6.59. The first-order chi connectivity index (χ1) is 11.5. The number of likely N-dealkylation sites (N-methyl/N-ethyl adjacent to an activating group) is 1. The van der Waals surface area contributed by atoms with Gasteiger partial charge in [-0.25, -0.2) is 0 Å². The number of thiophene rings is 1. The number of nitrogen functional groups attached to an aromatic ring is 1. The van der Waals surface area contributed by atoms with Crippen LogP contribution in [0.4, 0.5) is 5.69 Å². The highest BCUT2D eigenvalue weighted by atomic mass is 32.1. The molecular weight excluding hydrogens is 320 g/mol. The van der Waals surface area contributed by atoms with Gasteiger partial charge in [0.15, 0.2) is 0 Å². The number of nitrogens with two attached hydrogens (primary N) is 1. The van der Waals surface area contributed by atoms with E-state index in [0.29, 0.717) is 23.8 Å². The Hall–Kier alpha value is -2.18. The molecule has 0 spiro atoms. The predicted molar refractivity (Wildman–Crippen MR) is 97.5 cm³/mol. The van der Waals surface area contributed by atoms with Gasteiger partial charge < -0.3 is 10.6 Å². The zero-order valence-corrected chi connectivity index (χ0v) is 14.3. The molecule has 2 aromatic rings. The fourth-order valence-corrected chi connectivity index (χ4v) is 4.47. The van der Waals surface area contributed by atoms with Gasteiger partial charge in [0.25, 0.3) is 5.91 Å². The Morgan fingerprint density at radius 3 is 2.75 bits per heavy atom. The van der Waals surface area contributed by atoms with Crippen LogP contribution in [0, 0.1) is 5.41 Å². The van der Waals surface area contributed by atoms with Crippen LogP contribution in [0.2, 0.25) is 0 Å². The van der Waals surface area contributed by atoms with Gasteiger partial charge in [-0.3, -0.25) is 15.1 Å². The average Bonchev–Trinajstić information content (AvgIpc) is 3.30. The number of carbonyl (C=O) groups is 1. The molecule has 1 amide bonds. The molecule has 1 aromatic carbocycles. The van der Waals surface area contributed by atoms with E-state index in [0.717, 1.165) is 23.4 Å². The zero-order chi connectivity index (χ0) is 16.8. The van der Waals surface area contributed by atoms with Gasteiger partial charge in [0, 0.05) is 41.3 Å². The number of anilines is 1. The number of likely N-dealkylation sites (tertiary alicyclic amines) is 2. The number of nitrogens with one attached hydrogen (secondary N) is 1. The fourth-order valence-electron chi connectivity index (χ4n) is 3.74. The summed E-state index contributed by atoms with van der Waals surface area (Å²) < 4.78 is 0. The highest BCUT2D eigenvalue weighted by Gasteiger charge is 2.44. The average molecular weight is 340 g/mol. The van der Waals surface area contributed by atoms with Crippen molar-refractivity contribution in [1.82, 2.24) is 9.80 Å². The molecule has 124 valence electrons. The van der Waals surface area contributed by atoms with E-state index in [1.807, 2.05) is 34.5 Å². The van der Waals surface area contributed by atoms with Crippen LogP contribution >= 0.6 is 11.3 Å². The Labute approximate surface area is 145 Å². The summed E-state index contributed by atoms with van der Waals surface area (Å²) in [7, 11) is 2.10. The Kier molecular flexibility index (Phi) is 3.66. The topological polar surface area (TPSA) is 73.4 Å². The highest BCUT2D eigenvalue weighted by Crippen LogP contribution is 2.31. The summed E-state index contributed by atoms with van der Waals surface area (Å²) in [5.41, 5.74) is 8.07. The second-order valence-corrected chi connectivity index (χ2v) is 7.54. The standard InChI is InChI=1S/C18H20N4OS/c1-21-9-13-8-12(21)10-22(13)18(23)17(20)14-7-11(4-5-15(14)19)16-3-2-6-24-16/h2-7,12-13,20H,8-10,19H2,1H3. The lowest BCUT2D eigenvalue weighted by Gasteiger charge is -2.32. The molecule has 4 rings (SSSR count). The van der Waals surface area contributed by atoms with E-state index < -0.39 is 0 Å². The minimum Gasteiger partial charge on any atom is -0.398 e. The number of piperazine rings is 1. The zero-order valence-electron chi connectivity index (χ0n) is 13.5. The number of benzene rings is 1. The van der Waals surface area contributed by atoms with Crippen molar-refractivity contribution in [2.24, 2.45) is 0 Å². The lowest BCUT2D eigenvalue weighted by atomic mass is 10.0. The van der Waals surface area contributed by atoms with Crippen LogP contribution in [0.15, 0.2) is 35.7 Å². The van der Waals surface area contributed by atoms with Gasteiger partial charge in [0.05, 0.1) is 0 Å². The van der Waals surface area contributed by atoms with E-state index in [2.05, 4.69) is 11.9 Å². The molecule has 0 saturated carbocycles. The molecule has 2 atom stereocenters. The predicted octanol–water partition coefficient (Wildman–Crippen LogP) is 2.28. The highest BCUT2D eigenvalue weighted by molar-refractivity contribution is 7.13. The quantitative estimate of drug-likeness (QED) is 0.665. The normalized spacial score (nSPS) is 23.0. The number of hydrogen-bond donors (Lipinski definition) is 2. The summed E-state index contributed by atoms with van der Waals surface area (Å²) in [6, 6.07) is 10.3. The van der Waals surface area contributed by atoms with E-state index in [4.69, 9.17) is 11.1 Å². The van der Waals surface area contributed by atoms with E-state index in [1.165, 1.54) is 0 Å². The molecule has 2 saturated heterocycles. The smallest absolute Gasteiger partial charge is 0.272 e. The summed E-state index contributed by atoms with van der Waals surface area (Å²) >= 11 is 1.63. The maximum atomic E-state index is 12.8. The molecule has 3 N–H and O–H groups in total. The van der Waals surface area contributed by atoms with E-state index in [-0.39, 0.29) is 17.7 Å². The molecule has 0 radical (unpaired) electrons. The number of fused-ring (bicyclic) bond motifs is 2. The Balaban J connectivity index is 1.60. The molecular formula is C18H20N4OS. The van der Waals surface area contributed by atoms with Crippen molar-refractivity contribution in [2.45, 2.75) is 18.5 Å². The van der Waals surface area contributed by atoms with Gasteiger partial charge >= 0.3 is 0 Å². The van der Waals surface area contributed by atoms with Crippen LogP contribution in [0.5, 0.6) is 0 Å². The van der Waals surface area contributed by atoms with Crippen LogP contribution in [0.3, 0.4) is 0 Å².